The molecule has 2 N–H and O–H groups in total. The molecule has 8 nitrogen and oxygen atoms in total. The van der Waals surface area contributed by atoms with Gasteiger partial charge in [0.25, 0.3) is 0 Å². The Labute approximate surface area is 178 Å². The molecule has 4 rings (SSSR count). The first-order valence-electron chi connectivity index (χ1n) is 9.76. The summed E-state index contributed by atoms with van der Waals surface area (Å²) in [7, 11) is 0. The van der Waals surface area contributed by atoms with Crippen LogP contribution in [0.1, 0.15) is 6.92 Å². The molecule has 1 aliphatic heterocycles. The fourth-order valence-electron chi connectivity index (χ4n) is 3.33. The predicted octanol–water partition coefficient (Wildman–Crippen LogP) is 3.18. The second-order valence-electron chi connectivity index (χ2n) is 7.06. The Bertz CT molecular complexity index is 1070. The minimum Gasteiger partial charge on any atom is -0.368 e. The standard InChI is InChI=1S/C21H21F2N7O/c1-14(31)26-19-12-16(4-7-18(19)23)27-20-24-13-25-21(28-20)30-10-8-29(9-11-30)17-5-2-15(22)3-6-17/h2-7,12-13H,8-11H2,1H3,(H,26,31)(H,24,25,27,28). The van der Waals surface area contributed by atoms with E-state index in [1.54, 1.807) is 12.1 Å². The molecule has 1 aliphatic rings. The number of halogens is 2. The summed E-state index contributed by atoms with van der Waals surface area (Å²) in [6.45, 7) is 4.21. The smallest absolute Gasteiger partial charge is 0.231 e. The van der Waals surface area contributed by atoms with Crippen LogP contribution in [0.2, 0.25) is 0 Å². The molecule has 0 radical (unpaired) electrons. The highest BCUT2D eigenvalue weighted by atomic mass is 19.1. The maximum atomic E-state index is 13.8. The third-order valence-electron chi connectivity index (χ3n) is 4.85. The van der Waals surface area contributed by atoms with E-state index in [-0.39, 0.29) is 17.4 Å². The number of carbonyl (C=O) groups excluding carboxylic acids is 1. The first kappa shape index (κ1) is 20.5. The van der Waals surface area contributed by atoms with Crippen molar-refractivity contribution >= 4 is 34.9 Å². The second kappa shape index (κ2) is 8.90. The van der Waals surface area contributed by atoms with Crippen LogP contribution >= 0.6 is 0 Å². The molecule has 160 valence electrons. The zero-order valence-corrected chi connectivity index (χ0v) is 16.8. The van der Waals surface area contributed by atoms with E-state index < -0.39 is 5.82 Å². The number of benzene rings is 2. The van der Waals surface area contributed by atoms with E-state index in [0.717, 1.165) is 18.8 Å². The topological polar surface area (TPSA) is 86.3 Å². The number of rotatable bonds is 5. The van der Waals surface area contributed by atoms with Gasteiger partial charge in [0, 0.05) is 44.5 Å². The van der Waals surface area contributed by atoms with Gasteiger partial charge in [0.2, 0.25) is 17.8 Å². The Hall–Kier alpha value is -3.82. The molecule has 31 heavy (non-hydrogen) atoms. The van der Waals surface area contributed by atoms with E-state index in [1.165, 1.54) is 43.6 Å². The normalized spacial score (nSPS) is 13.8. The van der Waals surface area contributed by atoms with Crippen LogP contribution in [0.4, 0.5) is 37.7 Å². The quantitative estimate of drug-likeness (QED) is 0.649. The molecule has 0 saturated carbocycles. The zero-order valence-electron chi connectivity index (χ0n) is 16.8. The minimum absolute atomic E-state index is 0.0729. The van der Waals surface area contributed by atoms with Gasteiger partial charge in [-0.05, 0) is 42.5 Å². The summed E-state index contributed by atoms with van der Waals surface area (Å²) in [5.74, 6) is -0.306. The molecule has 0 unspecified atom stereocenters. The van der Waals surface area contributed by atoms with Gasteiger partial charge >= 0.3 is 0 Å². The van der Waals surface area contributed by atoms with Crippen LogP contribution in [-0.4, -0.2) is 47.0 Å². The van der Waals surface area contributed by atoms with Gasteiger partial charge in [0.15, 0.2) is 0 Å². The van der Waals surface area contributed by atoms with E-state index in [0.29, 0.717) is 30.7 Å². The van der Waals surface area contributed by atoms with Gasteiger partial charge in [-0.1, -0.05) is 0 Å². The molecule has 1 aromatic heterocycles. The van der Waals surface area contributed by atoms with Crippen molar-refractivity contribution in [3.63, 3.8) is 0 Å². The van der Waals surface area contributed by atoms with Crippen LogP contribution < -0.4 is 20.4 Å². The molecule has 1 amide bonds. The van der Waals surface area contributed by atoms with Gasteiger partial charge in [-0.3, -0.25) is 4.79 Å². The van der Waals surface area contributed by atoms with E-state index in [9.17, 15) is 13.6 Å². The number of aromatic nitrogens is 3. The summed E-state index contributed by atoms with van der Waals surface area (Å²) in [6.07, 6.45) is 1.41. The molecule has 2 heterocycles. The SMILES string of the molecule is CC(=O)Nc1cc(Nc2ncnc(N3CCN(c4ccc(F)cc4)CC3)n2)ccc1F. The average Bonchev–Trinajstić information content (AvgIpc) is 2.77. The summed E-state index contributed by atoms with van der Waals surface area (Å²) in [5.41, 5.74) is 1.58. The van der Waals surface area contributed by atoms with Crippen molar-refractivity contribution in [2.45, 2.75) is 6.92 Å². The fraction of sp³-hybridized carbons (Fsp3) is 0.238. The maximum absolute atomic E-state index is 13.8. The molecule has 0 aliphatic carbocycles. The van der Waals surface area contributed by atoms with Gasteiger partial charge in [-0.25, -0.2) is 18.7 Å². The minimum atomic E-state index is -0.531. The average molecular weight is 425 g/mol. The number of hydrogen-bond acceptors (Lipinski definition) is 7. The van der Waals surface area contributed by atoms with Crippen molar-refractivity contribution in [2.75, 3.05) is 46.6 Å². The Morgan fingerprint density at radius 2 is 1.68 bits per heavy atom. The first-order chi connectivity index (χ1) is 15.0. The lowest BCUT2D eigenvalue weighted by Crippen LogP contribution is -2.47. The lowest BCUT2D eigenvalue weighted by atomic mass is 10.2. The monoisotopic (exact) mass is 425 g/mol. The molecule has 1 saturated heterocycles. The molecular formula is C21H21F2N7O. The summed E-state index contributed by atoms with van der Waals surface area (Å²) in [6, 6.07) is 10.7. The lowest BCUT2D eigenvalue weighted by molar-refractivity contribution is -0.114. The number of carbonyl (C=O) groups is 1. The summed E-state index contributed by atoms with van der Waals surface area (Å²) < 4.78 is 27.0. The first-order valence-corrected chi connectivity index (χ1v) is 9.76. The van der Waals surface area contributed by atoms with E-state index in [2.05, 4.69) is 30.5 Å². The van der Waals surface area contributed by atoms with Crippen LogP contribution in [0.25, 0.3) is 0 Å². The fourth-order valence-corrected chi connectivity index (χ4v) is 3.33. The highest BCUT2D eigenvalue weighted by Gasteiger charge is 2.20. The molecule has 0 spiro atoms. The highest BCUT2D eigenvalue weighted by Crippen LogP contribution is 2.23. The summed E-state index contributed by atoms with van der Waals surface area (Å²) in [5, 5.41) is 5.45. The lowest BCUT2D eigenvalue weighted by Gasteiger charge is -2.36. The van der Waals surface area contributed by atoms with Gasteiger partial charge < -0.3 is 20.4 Å². The van der Waals surface area contributed by atoms with Crippen LogP contribution in [0.3, 0.4) is 0 Å². The third kappa shape index (κ3) is 5.03. The maximum Gasteiger partial charge on any atom is 0.231 e. The zero-order chi connectivity index (χ0) is 21.8. The van der Waals surface area contributed by atoms with Crippen molar-refractivity contribution in [1.29, 1.82) is 0 Å². The van der Waals surface area contributed by atoms with Crippen molar-refractivity contribution < 1.29 is 13.6 Å². The van der Waals surface area contributed by atoms with Gasteiger partial charge in [0.05, 0.1) is 5.69 Å². The Morgan fingerprint density at radius 1 is 0.968 bits per heavy atom. The third-order valence-corrected chi connectivity index (χ3v) is 4.85. The largest absolute Gasteiger partial charge is 0.368 e. The van der Waals surface area contributed by atoms with Crippen molar-refractivity contribution in [3.05, 3.63) is 60.4 Å². The Morgan fingerprint density at radius 3 is 2.39 bits per heavy atom. The van der Waals surface area contributed by atoms with Crippen molar-refractivity contribution in [2.24, 2.45) is 0 Å². The van der Waals surface area contributed by atoms with E-state index >= 15 is 0 Å². The molecular weight excluding hydrogens is 404 g/mol. The number of nitrogens with one attached hydrogen (secondary N) is 2. The van der Waals surface area contributed by atoms with E-state index in [1.807, 2.05) is 4.90 Å². The number of anilines is 5. The molecule has 3 aromatic rings. The summed E-state index contributed by atoms with van der Waals surface area (Å²) >= 11 is 0. The number of piperazine rings is 1. The van der Waals surface area contributed by atoms with Crippen LogP contribution in [-0.2, 0) is 4.79 Å². The van der Waals surface area contributed by atoms with Crippen molar-refractivity contribution in [3.8, 4) is 0 Å². The predicted molar refractivity (Wildman–Crippen MR) is 115 cm³/mol. The van der Waals surface area contributed by atoms with Crippen molar-refractivity contribution in [1.82, 2.24) is 15.0 Å². The van der Waals surface area contributed by atoms with Crippen LogP contribution in [0.5, 0.6) is 0 Å². The van der Waals surface area contributed by atoms with Gasteiger partial charge in [-0.2, -0.15) is 4.98 Å². The Kier molecular flexibility index (Phi) is 5.87. The number of hydrogen-bond donors (Lipinski definition) is 2. The molecule has 0 bridgehead atoms. The van der Waals surface area contributed by atoms with Gasteiger partial charge in [0.1, 0.15) is 18.0 Å². The number of nitrogens with zero attached hydrogens (tertiary/aromatic N) is 5. The van der Waals surface area contributed by atoms with Gasteiger partial charge in [-0.15, -0.1) is 0 Å². The molecule has 10 heteroatoms. The molecule has 2 aromatic carbocycles. The number of amides is 1. The van der Waals surface area contributed by atoms with Crippen LogP contribution in [0.15, 0.2) is 48.8 Å². The van der Waals surface area contributed by atoms with E-state index in [4.69, 9.17) is 0 Å². The molecule has 1 fully saturated rings. The Balaban J connectivity index is 1.42. The van der Waals surface area contributed by atoms with Crippen LogP contribution in [0, 0.1) is 11.6 Å². The summed E-state index contributed by atoms with van der Waals surface area (Å²) in [4.78, 5) is 28.3. The molecule has 0 atom stereocenters. The second-order valence-corrected chi connectivity index (χ2v) is 7.06. The highest BCUT2D eigenvalue weighted by molar-refractivity contribution is 5.89.